The lowest BCUT2D eigenvalue weighted by molar-refractivity contribution is -0.385. The van der Waals surface area contributed by atoms with E-state index in [0.29, 0.717) is 21.7 Å². The summed E-state index contributed by atoms with van der Waals surface area (Å²) in [4.78, 5) is 35.8. The van der Waals surface area contributed by atoms with E-state index in [-0.39, 0.29) is 29.3 Å². The van der Waals surface area contributed by atoms with Crippen LogP contribution in [0.15, 0.2) is 47.4 Å². The molecule has 2 amide bonds. The number of nitro benzene ring substituents is 1. The lowest BCUT2D eigenvalue weighted by Crippen LogP contribution is -2.31. The van der Waals surface area contributed by atoms with E-state index in [1.54, 1.807) is 37.3 Å². The van der Waals surface area contributed by atoms with Crippen molar-refractivity contribution in [1.29, 1.82) is 0 Å². The van der Waals surface area contributed by atoms with Gasteiger partial charge in [-0.3, -0.25) is 19.7 Å². The predicted octanol–water partition coefficient (Wildman–Crippen LogP) is 3.77. The third-order valence-corrected chi connectivity index (χ3v) is 4.76. The van der Waals surface area contributed by atoms with Gasteiger partial charge in [-0.05, 0) is 39.0 Å². The third kappa shape index (κ3) is 5.55. The van der Waals surface area contributed by atoms with Gasteiger partial charge in [0.1, 0.15) is 0 Å². The van der Waals surface area contributed by atoms with Crippen LogP contribution in [-0.4, -0.2) is 28.5 Å². The maximum absolute atomic E-state index is 12.7. The Morgan fingerprint density at radius 1 is 1.15 bits per heavy atom. The molecule has 0 spiro atoms. The first-order valence-corrected chi connectivity index (χ1v) is 9.34. The third-order valence-electron chi connectivity index (χ3n) is 3.69. The van der Waals surface area contributed by atoms with Crippen molar-refractivity contribution in [2.24, 2.45) is 0 Å². The van der Waals surface area contributed by atoms with Crippen molar-refractivity contribution >= 4 is 35.0 Å². The number of carbonyl (C=O) groups excluding carboxylic acids is 2. The molecule has 27 heavy (non-hydrogen) atoms. The average Bonchev–Trinajstić information content (AvgIpc) is 2.61. The fourth-order valence-electron chi connectivity index (χ4n) is 2.43. The number of anilines is 1. The summed E-state index contributed by atoms with van der Waals surface area (Å²) in [5.41, 5.74) is 1.12. The molecule has 0 saturated heterocycles. The highest BCUT2D eigenvalue weighted by Crippen LogP contribution is 2.27. The van der Waals surface area contributed by atoms with Crippen molar-refractivity contribution in [3.8, 4) is 0 Å². The average molecular weight is 387 g/mol. The van der Waals surface area contributed by atoms with E-state index in [2.05, 4.69) is 10.6 Å². The summed E-state index contributed by atoms with van der Waals surface area (Å²) < 4.78 is 0. The van der Waals surface area contributed by atoms with E-state index in [1.807, 2.05) is 13.8 Å². The van der Waals surface area contributed by atoms with Gasteiger partial charge in [-0.15, -0.1) is 11.8 Å². The molecule has 0 aliphatic carbocycles. The normalized spacial score (nSPS) is 10.5. The Morgan fingerprint density at radius 2 is 1.85 bits per heavy atom. The van der Waals surface area contributed by atoms with Gasteiger partial charge in [-0.25, -0.2) is 0 Å². The molecule has 0 aromatic heterocycles. The van der Waals surface area contributed by atoms with Gasteiger partial charge in [-0.1, -0.05) is 18.2 Å². The molecule has 0 unspecified atom stereocenters. The Morgan fingerprint density at radius 3 is 2.52 bits per heavy atom. The van der Waals surface area contributed by atoms with Gasteiger partial charge < -0.3 is 10.6 Å². The maximum Gasteiger partial charge on any atom is 0.274 e. The van der Waals surface area contributed by atoms with Crippen LogP contribution >= 0.6 is 11.8 Å². The second kappa shape index (κ2) is 9.18. The van der Waals surface area contributed by atoms with E-state index in [1.165, 1.54) is 23.9 Å². The lowest BCUT2D eigenvalue weighted by Gasteiger charge is -2.12. The molecule has 2 N–H and O–H groups in total. The van der Waals surface area contributed by atoms with Crippen molar-refractivity contribution in [3.63, 3.8) is 0 Å². The first-order chi connectivity index (χ1) is 12.8. The molecule has 0 bridgehead atoms. The van der Waals surface area contributed by atoms with Gasteiger partial charge in [0.05, 0.1) is 27.5 Å². The number of carbonyl (C=O) groups is 2. The van der Waals surface area contributed by atoms with Crippen LogP contribution in [0.4, 0.5) is 11.4 Å². The highest BCUT2D eigenvalue weighted by Gasteiger charge is 2.17. The van der Waals surface area contributed by atoms with Crippen LogP contribution in [-0.2, 0) is 4.79 Å². The number of nitrogens with zero attached hydrogens (tertiary/aromatic N) is 1. The Balaban J connectivity index is 2.17. The van der Waals surface area contributed by atoms with Crippen LogP contribution in [0.3, 0.4) is 0 Å². The minimum absolute atomic E-state index is 0.0495. The molecule has 2 rings (SSSR count). The maximum atomic E-state index is 12.7. The Labute approximate surface area is 161 Å². The molecular weight excluding hydrogens is 366 g/mol. The number of thioether (sulfide) groups is 1. The highest BCUT2D eigenvalue weighted by atomic mass is 32.2. The molecule has 0 aliphatic heterocycles. The van der Waals surface area contributed by atoms with E-state index in [4.69, 9.17) is 0 Å². The monoisotopic (exact) mass is 387 g/mol. The molecule has 0 heterocycles. The first kappa shape index (κ1) is 20.4. The molecule has 0 fully saturated rings. The van der Waals surface area contributed by atoms with Gasteiger partial charge in [0, 0.05) is 17.0 Å². The SMILES string of the molecule is Cc1c(NC(=O)c2ccccc2SCC(=O)NC(C)C)cccc1[N+](=O)[O-]. The number of rotatable bonds is 7. The molecule has 2 aromatic carbocycles. The summed E-state index contributed by atoms with van der Waals surface area (Å²) in [6.45, 7) is 5.35. The molecule has 0 radical (unpaired) electrons. The van der Waals surface area contributed by atoms with E-state index >= 15 is 0 Å². The Bertz CT molecular complexity index is 868. The molecule has 2 aromatic rings. The largest absolute Gasteiger partial charge is 0.353 e. The molecule has 0 aliphatic rings. The van der Waals surface area contributed by atoms with Crippen molar-refractivity contribution in [3.05, 3.63) is 63.7 Å². The van der Waals surface area contributed by atoms with Crippen molar-refractivity contribution in [2.75, 3.05) is 11.1 Å². The predicted molar refractivity (Wildman–Crippen MR) is 106 cm³/mol. The van der Waals surface area contributed by atoms with Crippen LogP contribution in [0, 0.1) is 17.0 Å². The van der Waals surface area contributed by atoms with Gasteiger partial charge >= 0.3 is 0 Å². The van der Waals surface area contributed by atoms with Crippen LogP contribution in [0.5, 0.6) is 0 Å². The number of nitrogens with one attached hydrogen (secondary N) is 2. The van der Waals surface area contributed by atoms with Crippen LogP contribution in [0.1, 0.15) is 29.8 Å². The molecular formula is C19H21N3O4S. The smallest absolute Gasteiger partial charge is 0.274 e. The van der Waals surface area contributed by atoms with Crippen LogP contribution in [0.25, 0.3) is 0 Å². The van der Waals surface area contributed by atoms with E-state index < -0.39 is 4.92 Å². The number of benzene rings is 2. The van der Waals surface area contributed by atoms with Crippen LogP contribution in [0.2, 0.25) is 0 Å². The second-order valence-corrected chi connectivity index (χ2v) is 7.19. The molecule has 7 nitrogen and oxygen atoms in total. The highest BCUT2D eigenvalue weighted by molar-refractivity contribution is 8.00. The fourth-order valence-corrected chi connectivity index (χ4v) is 3.29. The fraction of sp³-hybridized carbons (Fsp3) is 0.263. The molecule has 0 saturated carbocycles. The summed E-state index contributed by atoms with van der Waals surface area (Å²) in [6, 6.07) is 11.5. The van der Waals surface area contributed by atoms with Crippen molar-refractivity contribution in [2.45, 2.75) is 31.7 Å². The molecule has 8 heteroatoms. The number of amides is 2. The zero-order valence-electron chi connectivity index (χ0n) is 15.3. The van der Waals surface area contributed by atoms with Gasteiger partial charge in [-0.2, -0.15) is 0 Å². The summed E-state index contributed by atoms with van der Waals surface area (Å²) in [5, 5.41) is 16.6. The summed E-state index contributed by atoms with van der Waals surface area (Å²) in [5.74, 6) is -0.302. The minimum Gasteiger partial charge on any atom is -0.353 e. The summed E-state index contributed by atoms with van der Waals surface area (Å²) >= 11 is 1.27. The zero-order valence-corrected chi connectivity index (χ0v) is 16.1. The van der Waals surface area contributed by atoms with Crippen LogP contribution < -0.4 is 10.6 Å². The van der Waals surface area contributed by atoms with E-state index in [9.17, 15) is 19.7 Å². The van der Waals surface area contributed by atoms with Gasteiger partial charge in [0.15, 0.2) is 0 Å². The molecule has 142 valence electrons. The Kier molecular flexibility index (Phi) is 6.95. The standard InChI is InChI=1S/C19H21N3O4S/c1-12(2)20-18(23)11-27-17-10-5-4-7-14(17)19(24)21-15-8-6-9-16(13(15)3)22(25)26/h4-10,12H,11H2,1-3H3,(H,20,23)(H,21,24). The van der Waals surface area contributed by atoms with Crippen molar-refractivity contribution in [1.82, 2.24) is 5.32 Å². The van der Waals surface area contributed by atoms with E-state index in [0.717, 1.165) is 0 Å². The number of hydrogen-bond donors (Lipinski definition) is 2. The van der Waals surface area contributed by atoms with Gasteiger partial charge in [0.2, 0.25) is 5.91 Å². The second-order valence-electron chi connectivity index (χ2n) is 6.17. The van der Waals surface area contributed by atoms with Gasteiger partial charge in [0.25, 0.3) is 11.6 Å². The Hall–Kier alpha value is -2.87. The summed E-state index contributed by atoms with van der Waals surface area (Å²) in [7, 11) is 0. The number of nitro groups is 1. The quantitative estimate of drug-likeness (QED) is 0.428. The first-order valence-electron chi connectivity index (χ1n) is 8.36. The summed E-state index contributed by atoms with van der Waals surface area (Å²) in [6.07, 6.45) is 0. The lowest BCUT2D eigenvalue weighted by atomic mass is 10.1. The number of hydrogen-bond acceptors (Lipinski definition) is 5. The zero-order chi connectivity index (χ0) is 20.0. The molecule has 0 atom stereocenters. The minimum atomic E-state index is -0.484. The topological polar surface area (TPSA) is 101 Å². The van der Waals surface area contributed by atoms with Crippen molar-refractivity contribution < 1.29 is 14.5 Å².